The molecule has 1 aromatic heterocycles. The largest absolute Gasteiger partial charge is 0.478 e. The minimum atomic E-state index is -0.669. The van der Waals surface area contributed by atoms with E-state index in [1.54, 1.807) is 4.90 Å². The third-order valence-corrected chi connectivity index (χ3v) is 4.38. The number of esters is 1. The summed E-state index contributed by atoms with van der Waals surface area (Å²) in [5, 5.41) is 1.35. The third kappa shape index (κ3) is 4.77. The smallest absolute Gasteiger partial charge is 0.344 e. The zero-order valence-corrected chi connectivity index (χ0v) is 16.4. The number of nitrogens with zero attached hydrogens (tertiary/aromatic N) is 2. The van der Waals surface area contributed by atoms with Crippen molar-refractivity contribution in [2.24, 2.45) is 0 Å². The molecule has 0 fully saturated rings. The highest BCUT2D eigenvalue weighted by molar-refractivity contribution is 6.39. The first kappa shape index (κ1) is 20.3. The predicted molar refractivity (Wildman–Crippen MR) is 101 cm³/mol. The zero-order valence-electron chi connectivity index (χ0n) is 14.8. The molecular weight excluding hydrogens is 379 g/mol. The van der Waals surface area contributed by atoms with Crippen LogP contribution in [0.1, 0.15) is 19.5 Å². The highest BCUT2D eigenvalue weighted by Crippen LogP contribution is 2.37. The minimum Gasteiger partial charge on any atom is -0.478 e. The van der Waals surface area contributed by atoms with Crippen LogP contribution in [0.4, 0.5) is 0 Å². The van der Waals surface area contributed by atoms with Crippen LogP contribution >= 0.6 is 23.2 Å². The van der Waals surface area contributed by atoms with E-state index in [0.717, 1.165) is 5.69 Å². The van der Waals surface area contributed by atoms with Gasteiger partial charge in [-0.15, -0.1) is 0 Å². The normalized spacial score (nSPS) is 10.7. The minimum absolute atomic E-state index is 0.243. The topological polar surface area (TPSA) is 68.7 Å². The highest BCUT2D eigenvalue weighted by Gasteiger charge is 2.17. The van der Waals surface area contributed by atoms with E-state index in [1.807, 2.05) is 32.9 Å². The van der Waals surface area contributed by atoms with Gasteiger partial charge in [-0.1, -0.05) is 23.2 Å². The van der Waals surface area contributed by atoms with Gasteiger partial charge in [0, 0.05) is 24.2 Å². The SMILES string of the molecule is CCN(CC)C(=O)COC(=O)COc1c(Cl)cc(Cl)c2ccc(C)nc12. The molecule has 2 aromatic rings. The van der Waals surface area contributed by atoms with Gasteiger partial charge in [0.15, 0.2) is 19.0 Å². The number of aryl methyl sites for hydroxylation is 1. The van der Waals surface area contributed by atoms with Gasteiger partial charge in [-0.05, 0) is 39.0 Å². The quantitative estimate of drug-likeness (QED) is 0.665. The van der Waals surface area contributed by atoms with Gasteiger partial charge in [0.1, 0.15) is 5.52 Å². The predicted octanol–water partition coefficient (Wildman–Crippen LogP) is 3.64. The Bertz CT molecular complexity index is 822. The maximum atomic E-state index is 11.9. The lowest BCUT2D eigenvalue weighted by Crippen LogP contribution is -2.34. The van der Waals surface area contributed by atoms with Crippen LogP contribution in [0.2, 0.25) is 10.0 Å². The van der Waals surface area contributed by atoms with Crippen molar-refractivity contribution in [2.75, 3.05) is 26.3 Å². The summed E-state index contributed by atoms with van der Waals surface area (Å²) in [7, 11) is 0. The van der Waals surface area contributed by atoms with E-state index in [9.17, 15) is 9.59 Å². The van der Waals surface area contributed by atoms with Crippen LogP contribution in [-0.4, -0.2) is 48.1 Å². The van der Waals surface area contributed by atoms with E-state index < -0.39 is 12.6 Å². The molecule has 0 bridgehead atoms. The van der Waals surface area contributed by atoms with Gasteiger partial charge in [-0.2, -0.15) is 0 Å². The Balaban J connectivity index is 2.06. The first-order valence-corrected chi connectivity index (χ1v) is 8.94. The summed E-state index contributed by atoms with van der Waals surface area (Å²) in [4.78, 5) is 29.7. The number of carbonyl (C=O) groups is 2. The molecule has 1 heterocycles. The Morgan fingerprint density at radius 2 is 1.81 bits per heavy atom. The molecule has 0 saturated heterocycles. The lowest BCUT2D eigenvalue weighted by atomic mass is 10.2. The van der Waals surface area contributed by atoms with Gasteiger partial charge >= 0.3 is 5.97 Å². The summed E-state index contributed by atoms with van der Waals surface area (Å²) in [5.74, 6) is -0.672. The van der Waals surface area contributed by atoms with E-state index in [4.69, 9.17) is 32.7 Å². The average Bonchev–Trinajstić information content (AvgIpc) is 2.60. The third-order valence-electron chi connectivity index (χ3n) is 3.78. The zero-order chi connectivity index (χ0) is 19.3. The first-order valence-electron chi connectivity index (χ1n) is 8.18. The van der Waals surface area contributed by atoms with Crippen molar-refractivity contribution < 1.29 is 19.1 Å². The summed E-state index contributed by atoms with van der Waals surface area (Å²) in [6, 6.07) is 5.16. The molecule has 140 valence electrons. The summed E-state index contributed by atoms with van der Waals surface area (Å²) in [6.07, 6.45) is 0. The van der Waals surface area contributed by atoms with Crippen LogP contribution < -0.4 is 4.74 Å². The van der Waals surface area contributed by atoms with Crippen LogP contribution in [0, 0.1) is 6.92 Å². The molecule has 0 aliphatic heterocycles. The Hall–Kier alpha value is -2.05. The fourth-order valence-electron chi connectivity index (χ4n) is 2.41. The van der Waals surface area contributed by atoms with Crippen molar-refractivity contribution in [3.05, 3.63) is 33.9 Å². The van der Waals surface area contributed by atoms with Gasteiger partial charge in [0.05, 0.1) is 10.0 Å². The number of ether oxygens (including phenoxy) is 2. The van der Waals surface area contributed by atoms with Gasteiger partial charge in [-0.25, -0.2) is 9.78 Å². The van der Waals surface area contributed by atoms with Gasteiger partial charge in [0.2, 0.25) is 0 Å². The number of hydrogen-bond donors (Lipinski definition) is 0. The van der Waals surface area contributed by atoms with Crippen molar-refractivity contribution in [2.45, 2.75) is 20.8 Å². The lowest BCUT2D eigenvalue weighted by molar-refractivity contribution is -0.153. The second kappa shape index (κ2) is 9.05. The van der Waals surface area contributed by atoms with Crippen LogP contribution in [0.15, 0.2) is 18.2 Å². The molecule has 1 aromatic carbocycles. The van der Waals surface area contributed by atoms with E-state index in [0.29, 0.717) is 29.0 Å². The Kier molecular flexibility index (Phi) is 7.06. The number of hydrogen-bond acceptors (Lipinski definition) is 5. The molecule has 26 heavy (non-hydrogen) atoms. The van der Waals surface area contributed by atoms with Crippen LogP contribution in [-0.2, 0) is 14.3 Å². The van der Waals surface area contributed by atoms with Crippen molar-refractivity contribution in [1.82, 2.24) is 9.88 Å². The molecule has 0 atom stereocenters. The number of rotatable bonds is 7. The molecule has 0 N–H and O–H groups in total. The number of pyridine rings is 1. The summed E-state index contributed by atoms with van der Waals surface area (Å²) >= 11 is 12.4. The second-order valence-electron chi connectivity index (χ2n) is 5.53. The molecule has 0 saturated carbocycles. The molecule has 0 spiro atoms. The van der Waals surface area contributed by atoms with Crippen LogP contribution in [0.5, 0.6) is 5.75 Å². The number of benzene rings is 1. The number of carbonyl (C=O) groups excluding carboxylic acids is 2. The van der Waals surface area contributed by atoms with Gasteiger partial charge < -0.3 is 14.4 Å². The number of aromatic nitrogens is 1. The van der Waals surface area contributed by atoms with E-state index >= 15 is 0 Å². The molecule has 1 amide bonds. The monoisotopic (exact) mass is 398 g/mol. The molecule has 8 heteroatoms. The number of likely N-dealkylation sites (N-methyl/N-ethyl adjacent to an activating group) is 1. The summed E-state index contributed by atoms with van der Waals surface area (Å²) in [6.45, 7) is 5.94. The summed E-state index contributed by atoms with van der Waals surface area (Å²) < 4.78 is 10.5. The molecular formula is C18H20Cl2N2O4. The number of fused-ring (bicyclic) bond motifs is 1. The van der Waals surface area contributed by atoms with Crippen LogP contribution in [0.25, 0.3) is 10.9 Å². The molecule has 0 aliphatic carbocycles. The Morgan fingerprint density at radius 3 is 2.46 bits per heavy atom. The molecule has 2 rings (SSSR count). The molecule has 6 nitrogen and oxygen atoms in total. The molecule has 0 aliphatic rings. The maximum Gasteiger partial charge on any atom is 0.344 e. The van der Waals surface area contributed by atoms with Crippen molar-refractivity contribution in [3.8, 4) is 5.75 Å². The number of amides is 1. The van der Waals surface area contributed by atoms with Crippen molar-refractivity contribution >= 4 is 46.0 Å². The van der Waals surface area contributed by atoms with Gasteiger partial charge in [-0.3, -0.25) is 4.79 Å². The average molecular weight is 399 g/mol. The molecule has 0 unspecified atom stereocenters. The van der Waals surface area contributed by atoms with Gasteiger partial charge in [0.25, 0.3) is 5.91 Å². The first-order chi connectivity index (χ1) is 12.4. The standard InChI is InChI=1S/C18H20Cl2N2O4/c1-4-22(5-2)15(23)9-25-16(24)10-26-18-14(20)8-13(19)12-7-6-11(3)21-17(12)18/h6-8H,4-5,9-10H2,1-3H3. The van der Waals surface area contributed by atoms with Crippen molar-refractivity contribution in [3.63, 3.8) is 0 Å². The maximum absolute atomic E-state index is 11.9. The van der Waals surface area contributed by atoms with E-state index in [1.165, 1.54) is 6.07 Å². The fraction of sp³-hybridized carbons (Fsp3) is 0.389. The van der Waals surface area contributed by atoms with E-state index in [2.05, 4.69) is 4.98 Å². The Labute approximate surface area is 162 Å². The fourth-order valence-corrected chi connectivity index (χ4v) is 2.98. The summed E-state index contributed by atoms with van der Waals surface area (Å²) in [5.41, 5.74) is 1.22. The Morgan fingerprint density at radius 1 is 1.12 bits per heavy atom. The highest BCUT2D eigenvalue weighted by atomic mass is 35.5. The second-order valence-corrected chi connectivity index (χ2v) is 6.35. The van der Waals surface area contributed by atoms with Crippen molar-refractivity contribution in [1.29, 1.82) is 0 Å². The van der Waals surface area contributed by atoms with E-state index in [-0.39, 0.29) is 23.3 Å². The van der Waals surface area contributed by atoms with Crippen LogP contribution in [0.3, 0.4) is 0 Å². The molecule has 0 radical (unpaired) electrons. The number of halogens is 2. The lowest BCUT2D eigenvalue weighted by Gasteiger charge is -2.18.